The molecule has 0 aliphatic carbocycles. The lowest BCUT2D eigenvalue weighted by molar-refractivity contribution is -0.118. The van der Waals surface area contributed by atoms with E-state index in [-0.39, 0.29) is 11.5 Å². The van der Waals surface area contributed by atoms with Gasteiger partial charge < -0.3 is 10.1 Å². The number of anilines is 1. The summed E-state index contributed by atoms with van der Waals surface area (Å²) in [5.41, 5.74) is 4.15. The fourth-order valence-electron chi connectivity index (χ4n) is 3.60. The van der Waals surface area contributed by atoms with Crippen molar-refractivity contribution in [2.24, 2.45) is 0 Å². The Morgan fingerprint density at radius 2 is 1.90 bits per heavy atom. The summed E-state index contributed by atoms with van der Waals surface area (Å²) in [7, 11) is 1.55. The van der Waals surface area contributed by atoms with Crippen LogP contribution in [0.4, 0.5) is 5.13 Å². The van der Waals surface area contributed by atoms with Gasteiger partial charge in [-0.1, -0.05) is 42.0 Å². The van der Waals surface area contributed by atoms with E-state index in [4.69, 9.17) is 4.74 Å². The second-order valence-corrected chi connectivity index (χ2v) is 8.32. The first-order chi connectivity index (χ1) is 14.9. The Labute approximate surface area is 184 Å². The number of fused-ring (bicyclic) bond motifs is 1. The average Bonchev–Trinajstić information content (AvgIpc) is 3.22. The molecule has 0 aliphatic rings. The number of methoxy groups -OCH3 is 1. The lowest BCUT2D eigenvalue weighted by Gasteiger charge is -2.19. The maximum Gasteiger partial charge on any atom is 0.252 e. The Morgan fingerprint density at radius 3 is 2.61 bits per heavy atom. The quantitative estimate of drug-likeness (QED) is 0.483. The number of benzene rings is 2. The number of amides is 1. The van der Waals surface area contributed by atoms with Gasteiger partial charge in [0.1, 0.15) is 11.8 Å². The highest BCUT2D eigenvalue weighted by molar-refractivity contribution is 7.14. The van der Waals surface area contributed by atoms with Crippen LogP contribution in [0.25, 0.3) is 22.2 Å². The second-order valence-electron chi connectivity index (χ2n) is 7.46. The van der Waals surface area contributed by atoms with Crippen molar-refractivity contribution in [1.82, 2.24) is 9.55 Å². The Balaban J connectivity index is 1.66. The van der Waals surface area contributed by atoms with Crippen LogP contribution in [-0.4, -0.2) is 22.6 Å². The van der Waals surface area contributed by atoms with Crippen molar-refractivity contribution >= 4 is 33.3 Å². The molecule has 31 heavy (non-hydrogen) atoms. The number of hydrogen-bond acceptors (Lipinski definition) is 5. The molecule has 2 aromatic carbocycles. The standard InChI is InChI=1S/C24H23N3O3S/c1-14-8-10-17(11-9-14)19-13-31-24(25-19)26-23(29)16(3)27-21(28)12-15(2)18-6-5-7-20(30-4)22(18)27/h5-13,16H,1-4H3,(H,25,26,29). The number of ether oxygens (including phenoxy) is 1. The lowest BCUT2D eigenvalue weighted by Crippen LogP contribution is -2.32. The molecule has 2 aromatic heterocycles. The minimum atomic E-state index is -0.751. The predicted molar refractivity (Wildman–Crippen MR) is 125 cm³/mol. The summed E-state index contributed by atoms with van der Waals surface area (Å²) in [5.74, 6) is 0.233. The summed E-state index contributed by atoms with van der Waals surface area (Å²) >= 11 is 1.35. The minimum Gasteiger partial charge on any atom is -0.495 e. The molecule has 0 bridgehead atoms. The highest BCUT2D eigenvalue weighted by Gasteiger charge is 2.22. The fraction of sp³-hybridized carbons (Fsp3) is 0.208. The molecule has 0 spiro atoms. The molecule has 0 radical (unpaired) electrons. The highest BCUT2D eigenvalue weighted by Crippen LogP contribution is 2.29. The number of pyridine rings is 1. The number of nitrogens with one attached hydrogen (secondary N) is 1. The zero-order chi connectivity index (χ0) is 22.1. The van der Waals surface area contributed by atoms with E-state index in [0.29, 0.717) is 16.4 Å². The topological polar surface area (TPSA) is 73.2 Å². The third-order valence-electron chi connectivity index (χ3n) is 5.31. The van der Waals surface area contributed by atoms with Crippen LogP contribution in [0.3, 0.4) is 0 Å². The van der Waals surface area contributed by atoms with E-state index in [1.807, 2.05) is 55.6 Å². The van der Waals surface area contributed by atoms with Crippen LogP contribution >= 0.6 is 11.3 Å². The molecular formula is C24H23N3O3S. The SMILES string of the molecule is COc1cccc2c(C)cc(=O)n(C(C)C(=O)Nc3nc(-c4ccc(C)cc4)cs3)c12. The molecule has 4 rings (SSSR count). The van der Waals surface area contributed by atoms with Gasteiger partial charge in [0.25, 0.3) is 5.56 Å². The van der Waals surface area contributed by atoms with Crippen molar-refractivity contribution in [3.8, 4) is 17.0 Å². The fourth-order valence-corrected chi connectivity index (χ4v) is 4.32. The molecule has 0 aliphatic heterocycles. The van der Waals surface area contributed by atoms with Crippen molar-refractivity contribution < 1.29 is 9.53 Å². The number of hydrogen-bond donors (Lipinski definition) is 1. The van der Waals surface area contributed by atoms with E-state index >= 15 is 0 Å². The molecule has 0 saturated heterocycles. The van der Waals surface area contributed by atoms with E-state index in [2.05, 4.69) is 10.3 Å². The largest absolute Gasteiger partial charge is 0.495 e. The smallest absolute Gasteiger partial charge is 0.252 e. The lowest BCUT2D eigenvalue weighted by atomic mass is 10.1. The van der Waals surface area contributed by atoms with Gasteiger partial charge >= 0.3 is 0 Å². The molecule has 1 atom stereocenters. The highest BCUT2D eigenvalue weighted by atomic mass is 32.1. The summed E-state index contributed by atoms with van der Waals surface area (Å²) in [5, 5.41) is 6.12. The van der Waals surface area contributed by atoms with E-state index < -0.39 is 6.04 Å². The zero-order valence-corrected chi connectivity index (χ0v) is 18.6. The molecule has 1 unspecified atom stereocenters. The molecule has 0 saturated carbocycles. The van der Waals surface area contributed by atoms with Gasteiger partial charge in [-0.05, 0) is 32.4 Å². The molecule has 1 amide bonds. The van der Waals surface area contributed by atoms with Crippen molar-refractivity contribution in [2.75, 3.05) is 12.4 Å². The molecule has 4 aromatic rings. The Hall–Kier alpha value is -3.45. The van der Waals surface area contributed by atoms with Crippen LogP contribution in [0.5, 0.6) is 5.75 Å². The number of nitrogens with zero attached hydrogens (tertiary/aromatic N) is 2. The summed E-state index contributed by atoms with van der Waals surface area (Å²) in [4.78, 5) is 30.4. The molecule has 7 heteroatoms. The summed E-state index contributed by atoms with van der Waals surface area (Å²) in [6.07, 6.45) is 0. The maximum atomic E-state index is 13.0. The van der Waals surface area contributed by atoms with Gasteiger partial charge in [-0.3, -0.25) is 14.2 Å². The molecule has 2 heterocycles. The van der Waals surface area contributed by atoms with E-state index in [1.54, 1.807) is 26.2 Å². The van der Waals surface area contributed by atoms with Crippen molar-refractivity contribution in [3.05, 3.63) is 75.4 Å². The van der Waals surface area contributed by atoms with Crippen molar-refractivity contribution in [3.63, 3.8) is 0 Å². The third kappa shape index (κ3) is 3.96. The molecule has 0 fully saturated rings. The van der Waals surface area contributed by atoms with E-state index in [1.165, 1.54) is 21.5 Å². The second kappa shape index (κ2) is 8.35. The number of para-hydroxylation sites is 1. The molecule has 6 nitrogen and oxygen atoms in total. The average molecular weight is 434 g/mol. The number of aryl methyl sites for hydroxylation is 2. The number of rotatable bonds is 5. The monoisotopic (exact) mass is 433 g/mol. The summed E-state index contributed by atoms with van der Waals surface area (Å²) in [6, 6.07) is 14.4. The molecular weight excluding hydrogens is 410 g/mol. The van der Waals surface area contributed by atoms with Gasteiger partial charge in [-0.15, -0.1) is 11.3 Å². The third-order valence-corrected chi connectivity index (χ3v) is 6.07. The Kier molecular flexibility index (Phi) is 5.61. The number of thiazole rings is 1. The normalized spacial score (nSPS) is 12.0. The molecule has 1 N–H and O–H groups in total. The van der Waals surface area contributed by atoms with Gasteiger partial charge in [0.15, 0.2) is 5.13 Å². The predicted octanol–water partition coefficient (Wildman–Crippen LogP) is 4.95. The Morgan fingerprint density at radius 1 is 1.16 bits per heavy atom. The minimum absolute atomic E-state index is 0.253. The van der Waals surface area contributed by atoms with Crippen LogP contribution < -0.4 is 15.6 Å². The van der Waals surface area contributed by atoms with Crippen LogP contribution in [-0.2, 0) is 4.79 Å². The summed E-state index contributed by atoms with van der Waals surface area (Å²) < 4.78 is 6.96. The number of aromatic nitrogens is 2. The van der Waals surface area contributed by atoms with E-state index in [9.17, 15) is 9.59 Å². The maximum absolute atomic E-state index is 13.0. The van der Waals surface area contributed by atoms with Gasteiger partial charge in [-0.2, -0.15) is 0 Å². The van der Waals surface area contributed by atoms with Crippen LogP contribution in [0.2, 0.25) is 0 Å². The molecule has 158 valence electrons. The Bertz CT molecular complexity index is 1320. The van der Waals surface area contributed by atoms with E-state index in [0.717, 1.165) is 22.2 Å². The van der Waals surface area contributed by atoms with Gasteiger partial charge in [0.2, 0.25) is 5.91 Å². The van der Waals surface area contributed by atoms with Gasteiger partial charge in [-0.25, -0.2) is 4.98 Å². The van der Waals surface area contributed by atoms with Gasteiger partial charge in [0.05, 0.1) is 18.3 Å². The van der Waals surface area contributed by atoms with Crippen LogP contribution in [0, 0.1) is 13.8 Å². The van der Waals surface area contributed by atoms with Crippen molar-refractivity contribution in [1.29, 1.82) is 0 Å². The van der Waals surface area contributed by atoms with Crippen molar-refractivity contribution in [2.45, 2.75) is 26.8 Å². The van der Waals surface area contributed by atoms with Crippen LogP contribution in [0.15, 0.2) is 58.7 Å². The van der Waals surface area contributed by atoms with Gasteiger partial charge in [0, 0.05) is 22.4 Å². The zero-order valence-electron chi connectivity index (χ0n) is 17.8. The first kappa shape index (κ1) is 20.8. The summed E-state index contributed by atoms with van der Waals surface area (Å²) in [6.45, 7) is 5.61. The number of carbonyl (C=O) groups excluding carboxylic acids is 1. The first-order valence-corrected chi connectivity index (χ1v) is 10.8. The van der Waals surface area contributed by atoms with Crippen LogP contribution in [0.1, 0.15) is 24.1 Å². The first-order valence-electron chi connectivity index (χ1n) is 9.91. The number of carbonyl (C=O) groups is 1.